The Kier molecular flexibility index (Phi) is 2.14. The normalized spacial score (nSPS) is 36.2. The molecule has 1 aliphatic carbocycles. The number of allylic oxidation sites excluding steroid dienone is 2. The van der Waals surface area contributed by atoms with Crippen molar-refractivity contribution in [3.05, 3.63) is 23.9 Å². The topological polar surface area (TPSA) is 6.48 Å². The van der Waals surface area contributed by atoms with Crippen molar-refractivity contribution in [3.8, 4) is 0 Å². The van der Waals surface area contributed by atoms with Crippen LogP contribution in [0.4, 0.5) is 0 Å². The predicted molar refractivity (Wildman–Crippen MR) is 69.0 cm³/mol. The lowest BCUT2D eigenvalue weighted by molar-refractivity contribution is 0.0147. The van der Waals surface area contributed by atoms with Crippen molar-refractivity contribution in [2.45, 2.75) is 45.8 Å². The maximum Gasteiger partial charge on any atom is 0.0876 e. The molecule has 0 bridgehead atoms. The lowest BCUT2D eigenvalue weighted by Gasteiger charge is -2.47. The molecule has 1 saturated heterocycles. The van der Waals surface area contributed by atoms with Gasteiger partial charge in [-0.15, -0.1) is 0 Å². The zero-order chi connectivity index (χ0) is 12.4. The summed E-state index contributed by atoms with van der Waals surface area (Å²) in [6.07, 6.45) is 6.78. The van der Waals surface area contributed by atoms with Crippen molar-refractivity contribution < 1.29 is 0 Å². The average Bonchev–Trinajstić information content (AvgIpc) is 2.30. The minimum absolute atomic E-state index is 0.0733. The van der Waals surface area contributed by atoms with Gasteiger partial charge in [0.25, 0.3) is 0 Å². The fourth-order valence-corrected chi connectivity index (χ4v) is 3.14. The molecule has 0 N–H and O–H groups in total. The molecule has 1 atom stereocenters. The maximum atomic E-state index is 2.50. The third-order valence-corrected chi connectivity index (χ3v) is 5.19. The van der Waals surface area contributed by atoms with E-state index < -0.39 is 0 Å². The Hall–Kier alpha value is -0.760. The van der Waals surface area contributed by atoms with E-state index in [1.54, 1.807) is 0 Å². The molecule has 0 spiro atoms. The first-order valence-electron chi connectivity index (χ1n) is 6.03. The number of fused-ring (bicyclic) bond motifs is 1. The van der Waals surface area contributed by atoms with Gasteiger partial charge in [-0.3, -0.25) is 4.90 Å². The third kappa shape index (κ3) is 1.06. The van der Waals surface area contributed by atoms with E-state index in [1.165, 1.54) is 5.70 Å². The first-order chi connectivity index (χ1) is 7.15. The Morgan fingerprint density at radius 2 is 1.56 bits per heavy atom. The van der Waals surface area contributed by atoms with Crippen molar-refractivity contribution in [2.75, 3.05) is 14.1 Å². The van der Waals surface area contributed by atoms with Crippen LogP contribution in [0.3, 0.4) is 0 Å². The molecule has 2 rings (SSSR count). The van der Waals surface area contributed by atoms with Gasteiger partial charge >= 0.3 is 0 Å². The lowest BCUT2D eigenvalue weighted by Crippen LogP contribution is -2.56. The van der Waals surface area contributed by atoms with Crippen LogP contribution in [0.2, 0.25) is 0 Å². The van der Waals surface area contributed by atoms with Gasteiger partial charge in [-0.05, 0) is 33.9 Å². The van der Waals surface area contributed by atoms with Crippen LogP contribution in [-0.2, 0) is 0 Å². The molecule has 0 aromatic heterocycles. The summed E-state index contributed by atoms with van der Waals surface area (Å²) in [5, 5.41) is 0. The summed E-state index contributed by atoms with van der Waals surface area (Å²) in [7, 11) is 4.43. The number of likely N-dealkylation sites (N-methyl/N-ethyl adjacent to an activating group) is 2. The Bertz CT molecular complexity index is 376. The molecular weight excluding hydrogens is 196 g/mol. The average molecular weight is 220 g/mol. The van der Waals surface area contributed by atoms with Gasteiger partial charge in [-0.1, -0.05) is 26.0 Å². The van der Waals surface area contributed by atoms with Crippen molar-refractivity contribution >= 4 is 0 Å². The summed E-state index contributed by atoms with van der Waals surface area (Å²) >= 11 is 0. The summed E-state index contributed by atoms with van der Waals surface area (Å²) in [5.41, 5.74) is 1.74. The number of hydrogen-bond acceptors (Lipinski definition) is 2. The second-order valence-electron chi connectivity index (χ2n) is 6.32. The minimum atomic E-state index is 0.0733. The quantitative estimate of drug-likeness (QED) is 0.619. The van der Waals surface area contributed by atoms with Crippen molar-refractivity contribution in [2.24, 2.45) is 5.41 Å². The second kappa shape index (κ2) is 2.92. The van der Waals surface area contributed by atoms with Crippen molar-refractivity contribution in [1.29, 1.82) is 0 Å². The Morgan fingerprint density at radius 3 is 2.06 bits per heavy atom. The van der Waals surface area contributed by atoms with Gasteiger partial charge in [0, 0.05) is 18.2 Å². The Morgan fingerprint density at radius 1 is 1.00 bits per heavy atom. The molecule has 0 radical (unpaired) electrons. The zero-order valence-electron chi connectivity index (χ0n) is 11.6. The molecule has 0 saturated carbocycles. The summed E-state index contributed by atoms with van der Waals surface area (Å²) in [6.45, 7) is 11.6. The van der Waals surface area contributed by atoms with Crippen LogP contribution < -0.4 is 0 Å². The van der Waals surface area contributed by atoms with Crippen LogP contribution in [-0.4, -0.2) is 35.1 Å². The summed E-state index contributed by atoms with van der Waals surface area (Å²) in [4.78, 5) is 4.90. The Labute approximate surface area is 99.6 Å². The van der Waals surface area contributed by atoms with Gasteiger partial charge in [-0.25, -0.2) is 0 Å². The van der Waals surface area contributed by atoms with Crippen LogP contribution in [0.5, 0.6) is 0 Å². The number of hydrogen-bond donors (Lipinski definition) is 0. The standard InChI is InChI=1S/C14H24N2/c1-12(2)10-8-9-11-14(12,5)16(7)13(3,4)15(11)6/h8-10H,1-7H3. The van der Waals surface area contributed by atoms with Gasteiger partial charge < -0.3 is 4.90 Å². The predicted octanol–water partition coefficient (Wildman–Crippen LogP) is 2.84. The van der Waals surface area contributed by atoms with E-state index >= 15 is 0 Å². The van der Waals surface area contributed by atoms with Crippen LogP contribution in [0.1, 0.15) is 34.6 Å². The Balaban J connectivity index is 2.63. The van der Waals surface area contributed by atoms with Crippen molar-refractivity contribution in [1.82, 2.24) is 9.80 Å². The molecule has 2 heteroatoms. The third-order valence-electron chi connectivity index (χ3n) is 5.19. The highest BCUT2D eigenvalue weighted by Gasteiger charge is 2.58. The fourth-order valence-electron chi connectivity index (χ4n) is 3.14. The first kappa shape index (κ1) is 11.7. The van der Waals surface area contributed by atoms with E-state index in [2.05, 4.69) is 76.7 Å². The monoisotopic (exact) mass is 220 g/mol. The zero-order valence-corrected chi connectivity index (χ0v) is 11.6. The molecule has 0 amide bonds. The number of nitrogens with zero attached hydrogens (tertiary/aromatic N) is 2. The fraction of sp³-hybridized carbons (Fsp3) is 0.714. The van der Waals surface area contributed by atoms with Crippen LogP contribution in [0.25, 0.3) is 0 Å². The van der Waals surface area contributed by atoms with Gasteiger partial charge in [0.2, 0.25) is 0 Å². The first-order valence-corrected chi connectivity index (χ1v) is 6.03. The largest absolute Gasteiger partial charge is 0.358 e. The molecule has 2 nitrogen and oxygen atoms in total. The van der Waals surface area contributed by atoms with Gasteiger partial charge in [0.1, 0.15) is 0 Å². The van der Waals surface area contributed by atoms with Gasteiger partial charge in [0.15, 0.2) is 0 Å². The molecule has 90 valence electrons. The van der Waals surface area contributed by atoms with E-state index in [4.69, 9.17) is 0 Å². The van der Waals surface area contributed by atoms with E-state index in [9.17, 15) is 0 Å². The minimum Gasteiger partial charge on any atom is -0.358 e. The smallest absolute Gasteiger partial charge is 0.0876 e. The highest BCUT2D eigenvalue weighted by atomic mass is 15.5. The molecule has 1 fully saturated rings. The van der Waals surface area contributed by atoms with E-state index in [1.807, 2.05) is 0 Å². The lowest BCUT2D eigenvalue weighted by atomic mass is 9.68. The molecule has 0 aromatic carbocycles. The molecule has 1 aliphatic heterocycles. The maximum absolute atomic E-state index is 2.50. The second-order valence-corrected chi connectivity index (χ2v) is 6.32. The summed E-state index contributed by atoms with van der Waals surface area (Å²) in [6, 6.07) is 0. The molecule has 1 heterocycles. The van der Waals surface area contributed by atoms with E-state index in [0.717, 1.165) is 0 Å². The SMILES string of the molecule is CN1C2=CC=CC(C)(C)C2(C)N(C)C1(C)C. The van der Waals surface area contributed by atoms with E-state index in [0.29, 0.717) is 0 Å². The molecule has 2 aliphatic rings. The highest BCUT2D eigenvalue weighted by Crippen LogP contribution is 2.53. The van der Waals surface area contributed by atoms with Crippen LogP contribution in [0, 0.1) is 5.41 Å². The number of rotatable bonds is 0. The summed E-state index contributed by atoms with van der Waals surface area (Å²) < 4.78 is 0. The summed E-state index contributed by atoms with van der Waals surface area (Å²) in [5.74, 6) is 0. The van der Waals surface area contributed by atoms with Crippen LogP contribution >= 0.6 is 0 Å². The van der Waals surface area contributed by atoms with Gasteiger partial charge in [0.05, 0.1) is 11.2 Å². The van der Waals surface area contributed by atoms with Crippen molar-refractivity contribution in [3.63, 3.8) is 0 Å². The van der Waals surface area contributed by atoms with Crippen LogP contribution in [0.15, 0.2) is 23.9 Å². The molecule has 0 aromatic rings. The molecule has 16 heavy (non-hydrogen) atoms. The molecule has 1 unspecified atom stereocenters. The molecular formula is C14H24N2. The van der Waals surface area contributed by atoms with Gasteiger partial charge in [-0.2, -0.15) is 0 Å². The highest BCUT2D eigenvalue weighted by molar-refractivity contribution is 5.39. The van der Waals surface area contributed by atoms with E-state index in [-0.39, 0.29) is 16.6 Å².